The molecule has 0 bridgehead atoms. The predicted octanol–water partition coefficient (Wildman–Crippen LogP) is 4.21. The molecule has 0 saturated carbocycles. The molecular weight excluding hydrogens is 231 g/mol. The summed E-state index contributed by atoms with van der Waals surface area (Å²) in [6.07, 6.45) is 0.484. The van der Waals surface area contributed by atoms with Gasteiger partial charge in [0, 0.05) is 12.0 Å². The van der Waals surface area contributed by atoms with E-state index in [9.17, 15) is 9.18 Å². The molecule has 0 amide bonds. The number of halogens is 1. The molecule has 0 unspecified atom stereocenters. The zero-order chi connectivity index (χ0) is 13.0. The Hall–Kier alpha value is -2.16. The smallest absolute Gasteiger partial charge is 0.162 e. The fourth-order valence-corrected chi connectivity index (χ4v) is 1.55. The fourth-order valence-electron chi connectivity index (χ4n) is 1.55. The molecule has 18 heavy (non-hydrogen) atoms. The molecule has 0 radical (unpaired) electrons. The summed E-state index contributed by atoms with van der Waals surface area (Å²) in [6, 6.07) is 12.7. The highest BCUT2D eigenvalue weighted by molar-refractivity contribution is 5.95. The molecule has 92 valence electrons. The van der Waals surface area contributed by atoms with E-state index in [2.05, 4.69) is 0 Å². The van der Waals surface area contributed by atoms with Gasteiger partial charge in [-0.15, -0.1) is 0 Å². The van der Waals surface area contributed by atoms with Crippen molar-refractivity contribution in [3.8, 4) is 11.5 Å². The standard InChI is InChI=1S/C15H13FO2/c1-2-15(17)11-3-7-13(8-4-11)18-14-9-5-12(16)6-10-14/h3-10H,2H2,1H3. The first-order valence-electron chi connectivity index (χ1n) is 5.75. The van der Waals surface area contributed by atoms with Crippen molar-refractivity contribution in [1.82, 2.24) is 0 Å². The Morgan fingerprint density at radius 1 is 1.00 bits per heavy atom. The number of carbonyl (C=O) groups is 1. The van der Waals surface area contributed by atoms with Crippen LogP contribution in [0.5, 0.6) is 11.5 Å². The highest BCUT2D eigenvalue weighted by atomic mass is 19.1. The molecule has 2 aromatic rings. The maximum absolute atomic E-state index is 12.7. The molecule has 2 aromatic carbocycles. The highest BCUT2D eigenvalue weighted by Gasteiger charge is 2.03. The Morgan fingerprint density at radius 3 is 2.00 bits per heavy atom. The van der Waals surface area contributed by atoms with Crippen LogP contribution in [0.4, 0.5) is 4.39 Å². The second kappa shape index (κ2) is 5.45. The van der Waals surface area contributed by atoms with Gasteiger partial charge in [-0.2, -0.15) is 0 Å². The van der Waals surface area contributed by atoms with Gasteiger partial charge in [0.15, 0.2) is 5.78 Å². The molecule has 0 aliphatic rings. The van der Waals surface area contributed by atoms with E-state index in [-0.39, 0.29) is 11.6 Å². The monoisotopic (exact) mass is 244 g/mol. The number of ether oxygens (including phenoxy) is 1. The van der Waals surface area contributed by atoms with Crippen LogP contribution in [-0.2, 0) is 0 Å². The Balaban J connectivity index is 2.10. The molecule has 0 aliphatic heterocycles. The van der Waals surface area contributed by atoms with E-state index in [0.717, 1.165) is 0 Å². The maximum Gasteiger partial charge on any atom is 0.162 e. The van der Waals surface area contributed by atoms with Gasteiger partial charge < -0.3 is 4.74 Å². The molecule has 0 fully saturated rings. The van der Waals surface area contributed by atoms with Crippen LogP contribution in [0.1, 0.15) is 23.7 Å². The van der Waals surface area contributed by atoms with Crippen molar-refractivity contribution in [3.63, 3.8) is 0 Å². The van der Waals surface area contributed by atoms with E-state index >= 15 is 0 Å². The van der Waals surface area contributed by atoms with Crippen molar-refractivity contribution >= 4 is 5.78 Å². The quantitative estimate of drug-likeness (QED) is 0.753. The molecule has 0 aromatic heterocycles. The Labute approximate surface area is 105 Å². The van der Waals surface area contributed by atoms with Crippen molar-refractivity contribution in [1.29, 1.82) is 0 Å². The zero-order valence-electron chi connectivity index (χ0n) is 10.0. The van der Waals surface area contributed by atoms with Crippen LogP contribution in [0, 0.1) is 5.82 Å². The Kier molecular flexibility index (Phi) is 3.72. The van der Waals surface area contributed by atoms with Crippen LogP contribution in [0.25, 0.3) is 0 Å². The lowest BCUT2D eigenvalue weighted by atomic mass is 10.1. The average Bonchev–Trinajstić information content (AvgIpc) is 2.41. The number of carbonyl (C=O) groups excluding carboxylic acids is 1. The summed E-state index contributed by atoms with van der Waals surface area (Å²) in [5, 5.41) is 0. The van der Waals surface area contributed by atoms with Gasteiger partial charge in [-0.25, -0.2) is 4.39 Å². The lowest BCUT2D eigenvalue weighted by Crippen LogP contribution is -1.95. The number of ketones is 1. The third-order valence-electron chi connectivity index (χ3n) is 2.55. The summed E-state index contributed by atoms with van der Waals surface area (Å²) in [6.45, 7) is 1.82. The summed E-state index contributed by atoms with van der Waals surface area (Å²) in [5.41, 5.74) is 0.670. The minimum Gasteiger partial charge on any atom is -0.457 e. The average molecular weight is 244 g/mol. The van der Waals surface area contributed by atoms with E-state index in [0.29, 0.717) is 23.5 Å². The van der Waals surface area contributed by atoms with Crippen LogP contribution in [0.2, 0.25) is 0 Å². The number of benzene rings is 2. The highest BCUT2D eigenvalue weighted by Crippen LogP contribution is 2.22. The molecule has 0 spiro atoms. The molecule has 2 rings (SSSR count). The van der Waals surface area contributed by atoms with Crippen molar-refractivity contribution in [2.24, 2.45) is 0 Å². The molecule has 0 saturated heterocycles. The van der Waals surface area contributed by atoms with Gasteiger partial charge in [0.25, 0.3) is 0 Å². The molecule has 0 aliphatic carbocycles. The van der Waals surface area contributed by atoms with E-state index in [4.69, 9.17) is 4.74 Å². The van der Waals surface area contributed by atoms with Crippen molar-refractivity contribution in [2.75, 3.05) is 0 Å². The first kappa shape index (κ1) is 12.3. The molecule has 2 nitrogen and oxygen atoms in total. The summed E-state index contributed by atoms with van der Waals surface area (Å²) >= 11 is 0. The van der Waals surface area contributed by atoms with Gasteiger partial charge in [0.05, 0.1) is 0 Å². The largest absolute Gasteiger partial charge is 0.457 e. The van der Waals surface area contributed by atoms with Crippen LogP contribution in [0.15, 0.2) is 48.5 Å². The maximum atomic E-state index is 12.7. The lowest BCUT2D eigenvalue weighted by molar-refractivity contribution is 0.0988. The summed E-state index contributed by atoms with van der Waals surface area (Å²) in [5.74, 6) is 0.981. The summed E-state index contributed by atoms with van der Waals surface area (Å²) < 4.78 is 18.2. The lowest BCUT2D eigenvalue weighted by Gasteiger charge is -2.06. The van der Waals surface area contributed by atoms with E-state index in [1.54, 1.807) is 36.4 Å². The van der Waals surface area contributed by atoms with Gasteiger partial charge >= 0.3 is 0 Å². The Bertz CT molecular complexity index is 529. The number of hydrogen-bond donors (Lipinski definition) is 0. The van der Waals surface area contributed by atoms with E-state index < -0.39 is 0 Å². The van der Waals surface area contributed by atoms with Crippen molar-refractivity contribution in [3.05, 3.63) is 59.9 Å². The van der Waals surface area contributed by atoms with Gasteiger partial charge in [-0.3, -0.25) is 4.79 Å². The number of hydrogen-bond acceptors (Lipinski definition) is 2. The first-order chi connectivity index (χ1) is 8.69. The fraction of sp³-hybridized carbons (Fsp3) is 0.133. The van der Waals surface area contributed by atoms with Crippen molar-refractivity contribution in [2.45, 2.75) is 13.3 Å². The molecule has 0 N–H and O–H groups in total. The van der Waals surface area contributed by atoms with Crippen LogP contribution in [-0.4, -0.2) is 5.78 Å². The topological polar surface area (TPSA) is 26.3 Å². The minimum atomic E-state index is -0.300. The van der Waals surface area contributed by atoms with Crippen molar-refractivity contribution < 1.29 is 13.9 Å². The third-order valence-corrected chi connectivity index (χ3v) is 2.55. The van der Waals surface area contributed by atoms with Crippen LogP contribution < -0.4 is 4.74 Å². The minimum absolute atomic E-state index is 0.100. The second-order valence-electron chi connectivity index (χ2n) is 3.86. The molecular formula is C15H13FO2. The SMILES string of the molecule is CCC(=O)c1ccc(Oc2ccc(F)cc2)cc1. The first-order valence-corrected chi connectivity index (χ1v) is 5.75. The number of rotatable bonds is 4. The number of Topliss-reactive ketones (excluding diaryl/α,β-unsaturated/α-hetero) is 1. The van der Waals surface area contributed by atoms with Gasteiger partial charge in [-0.1, -0.05) is 6.92 Å². The van der Waals surface area contributed by atoms with Gasteiger partial charge in [0.1, 0.15) is 17.3 Å². The molecule has 0 atom stereocenters. The third kappa shape index (κ3) is 2.94. The van der Waals surface area contributed by atoms with E-state index in [1.165, 1.54) is 12.1 Å². The van der Waals surface area contributed by atoms with Crippen LogP contribution in [0.3, 0.4) is 0 Å². The van der Waals surface area contributed by atoms with Crippen LogP contribution >= 0.6 is 0 Å². The molecule has 0 heterocycles. The predicted molar refractivity (Wildman–Crippen MR) is 67.5 cm³/mol. The van der Waals surface area contributed by atoms with Gasteiger partial charge in [-0.05, 0) is 48.5 Å². The normalized spacial score (nSPS) is 10.1. The summed E-state index contributed by atoms with van der Waals surface area (Å²) in [4.78, 5) is 11.4. The Morgan fingerprint density at radius 2 is 1.50 bits per heavy atom. The second-order valence-corrected chi connectivity index (χ2v) is 3.86. The molecule has 3 heteroatoms. The van der Waals surface area contributed by atoms with Gasteiger partial charge in [0.2, 0.25) is 0 Å². The zero-order valence-corrected chi connectivity index (χ0v) is 10.0. The summed E-state index contributed by atoms with van der Waals surface area (Å²) in [7, 11) is 0. The van der Waals surface area contributed by atoms with E-state index in [1.807, 2.05) is 6.92 Å².